The number of halogens is 1. The van der Waals surface area contributed by atoms with Gasteiger partial charge in [-0.25, -0.2) is 4.39 Å². The van der Waals surface area contributed by atoms with Gasteiger partial charge in [0.05, 0.1) is 36.9 Å². The molecule has 1 saturated heterocycles. The van der Waals surface area contributed by atoms with Crippen LogP contribution < -0.4 is 0 Å². The lowest BCUT2D eigenvalue weighted by Gasteiger charge is -2.26. The second kappa shape index (κ2) is 5.28. The summed E-state index contributed by atoms with van der Waals surface area (Å²) >= 11 is 1.58. The van der Waals surface area contributed by atoms with Crippen molar-refractivity contribution in [1.29, 1.82) is 0 Å². The Morgan fingerprint density at radius 1 is 1.28 bits per heavy atom. The van der Waals surface area contributed by atoms with Gasteiger partial charge in [-0.3, -0.25) is 5.01 Å². The lowest BCUT2D eigenvalue weighted by atomic mass is 10.1. The molecule has 1 aromatic rings. The number of hydrogen-bond donors (Lipinski definition) is 0. The van der Waals surface area contributed by atoms with E-state index in [2.05, 4.69) is 5.10 Å². The number of hydrazone groups is 1. The smallest absolute Gasteiger partial charge is 0.137 e. The highest BCUT2D eigenvalue weighted by Crippen LogP contribution is 2.32. The lowest BCUT2D eigenvalue weighted by molar-refractivity contribution is 0.0393. The van der Waals surface area contributed by atoms with Gasteiger partial charge in [0.25, 0.3) is 0 Å². The van der Waals surface area contributed by atoms with Crippen molar-refractivity contribution in [2.45, 2.75) is 11.3 Å². The molecule has 96 valence electrons. The molecule has 0 amide bonds. The predicted octanol–water partition coefficient (Wildman–Crippen LogP) is 2.36. The molecule has 0 radical (unpaired) electrons. The molecule has 3 rings (SSSR count). The van der Waals surface area contributed by atoms with Crippen molar-refractivity contribution in [2.24, 2.45) is 5.10 Å². The van der Waals surface area contributed by atoms with Gasteiger partial charge in [0.15, 0.2) is 0 Å². The molecule has 0 N–H and O–H groups in total. The maximum Gasteiger partial charge on any atom is 0.137 e. The second-order valence-corrected chi connectivity index (χ2v) is 5.43. The maximum atomic E-state index is 13.7. The average molecular weight is 266 g/mol. The molecule has 1 aromatic carbocycles. The van der Waals surface area contributed by atoms with E-state index in [9.17, 15) is 4.39 Å². The van der Waals surface area contributed by atoms with Crippen LogP contribution in [0.15, 0.2) is 28.2 Å². The zero-order valence-electron chi connectivity index (χ0n) is 10.1. The first-order valence-corrected chi connectivity index (χ1v) is 7.15. The Kier molecular flexibility index (Phi) is 3.52. The molecule has 5 heteroatoms. The minimum Gasteiger partial charge on any atom is -0.378 e. The average Bonchev–Trinajstić information content (AvgIpc) is 2.41. The standard InChI is InChI=1S/C13H15FN2OS/c14-11-3-1-2-10-12(4-9-18-13(10)11)15-16-5-7-17-8-6-16/h1-3H,4-9H2/b15-12-. The molecule has 2 aliphatic rings. The summed E-state index contributed by atoms with van der Waals surface area (Å²) < 4.78 is 19.0. The first-order valence-electron chi connectivity index (χ1n) is 6.16. The van der Waals surface area contributed by atoms with Crippen LogP contribution in [0.4, 0.5) is 4.39 Å². The van der Waals surface area contributed by atoms with Crippen molar-refractivity contribution in [3.63, 3.8) is 0 Å². The van der Waals surface area contributed by atoms with Crippen LogP contribution in [0.2, 0.25) is 0 Å². The number of morpholine rings is 1. The van der Waals surface area contributed by atoms with Crippen LogP contribution in [0.25, 0.3) is 0 Å². The summed E-state index contributed by atoms with van der Waals surface area (Å²) in [6.45, 7) is 3.09. The van der Waals surface area contributed by atoms with E-state index in [0.29, 0.717) is 0 Å². The number of benzene rings is 1. The maximum absolute atomic E-state index is 13.7. The van der Waals surface area contributed by atoms with E-state index < -0.39 is 0 Å². The number of rotatable bonds is 1. The van der Waals surface area contributed by atoms with Crippen molar-refractivity contribution in [1.82, 2.24) is 5.01 Å². The largest absolute Gasteiger partial charge is 0.378 e. The molecule has 1 fully saturated rings. The van der Waals surface area contributed by atoms with Crippen LogP contribution in [0.3, 0.4) is 0 Å². The van der Waals surface area contributed by atoms with E-state index in [4.69, 9.17) is 4.74 Å². The molecule has 0 spiro atoms. The molecule has 18 heavy (non-hydrogen) atoms. The Labute approximate surface area is 110 Å². The third-order valence-electron chi connectivity index (χ3n) is 3.11. The van der Waals surface area contributed by atoms with E-state index in [1.165, 1.54) is 6.07 Å². The number of hydrogen-bond acceptors (Lipinski definition) is 4. The van der Waals surface area contributed by atoms with Gasteiger partial charge in [0, 0.05) is 17.7 Å². The lowest BCUT2D eigenvalue weighted by Crippen LogP contribution is -2.33. The number of nitrogens with zero attached hydrogens (tertiary/aromatic N) is 2. The van der Waals surface area contributed by atoms with Crippen LogP contribution in [0.5, 0.6) is 0 Å². The molecule has 0 bridgehead atoms. The van der Waals surface area contributed by atoms with Gasteiger partial charge < -0.3 is 4.74 Å². The monoisotopic (exact) mass is 266 g/mol. The Balaban J connectivity index is 1.90. The fraction of sp³-hybridized carbons (Fsp3) is 0.462. The molecule has 2 aliphatic heterocycles. The van der Waals surface area contributed by atoms with E-state index in [-0.39, 0.29) is 5.82 Å². The first kappa shape index (κ1) is 12.0. The minimum atomic E-state index is -0.133. The quantitative estimate of drug-likeness (QED) is 0.780. The summed E-state index contributed by atoms with van der Waals surface area (Å²) in [5.41, 5.74) is 1.96. The molecule has 0 saturated carbocycles. The molecule has 0 aliphatic carbocycles. The van der Waals surface area contributed by atoms with Gasteiger partial charge >= 0.3 is 0 Å². The van der Waals surface area contributed by atoms with Crippen molar-refractivity contribution < 1.29 is 9.13 Å². The fourth-order valence-electron chi connectivity index (χ4n) is 2.20. The van der Waals surface area contributed by atoms with E-state index in [0.717, 1.165) is 54.6 Å². The van der Waals surface area contributed by atoms with Crippen molar-refractivity contribution in [3.05, 3.63) is 29.6 Å². The van der Waals surface area contributed by atoms with E-state index >= 15 is 0 Å². The molecule has 2 heterocycles. The van der Waals surface area contributed by atoms with Crippen LogP contribution >= 0.6 is 11.8 Å². The Morgan fingerprint density at radius 2 is 2.11 bits per heavy atom. The zero-order chi connectivity index (χ0) is 12.4. The fourth-order valence-corrected chi connectivity index (χ4v) is 3.24. The van der Waals surface area contributed by atoms with Crippen LogP contribution in [-0.4, -0.2) is 42.8 Å². The predicted molar refractivity (Wildman–Crippen MR) is 70.7 cm³/mol. The van der Waals surface area contributed by atoms with Gasteiger partial charge in [0.1, 0.15) is 5.82 Å². The van der Waals surface area contributed by atoms with Gasteiger partial charge in [0.2, 0.25) is 0 Å². The third kappa shape index (κ3) is 2.37. The summed E-state index contributed by atoms with van der Waals surface area (Å²) in [7, 11) is 0. The molecule has 0 aromatic heterocycles. The summed E-state index contributed by atoms with van der Waals surface area (Å²) in [5, 5.41) is 6.70. The van der Waals surface area contributed by atoms with Gasteiger partial charge in [-0.1, -0.05) is 12.1 Å². The second-order valence-electron chi connectivity index (χ2n) is 4.33. The SMILES string of the molecule is Fc1cccc2c1SCC/C2=N/N1CCOCC1. The van der Waals surface area contributed by atoms with Crippen molar-refractivity contribution in [3.8, 4) is 0 Å². The van der Waals surface area contributed by atoms with E-state index in [1.54, 1.807) is 17.8 Å². The highest BCUT2D eigenvalue weighted by Gasteiger charge is 2.20. The summed E-state index contributed by atoms with van der Waals surface area (Å²) in [6, 6.07) is 5.24. The molecular weight excluding hydrogens is 251 g/mol. The number of thioether (sulfide) groups is 1. The Bertz CT molecular complexity index is 472. The first-order chi connectivity index (χ1) is 8.84. The Hall–Kier alpha value is -1.07. The zero-order valence-corrected chi connectivity index (χ0v) is 10.9. The van der Waals surface area contributed by atoms with Crippen LogP contribution in [0.1, 0.15) is 12.0 Å². The Morgan fingerprint density at radius 3 is 2.94 bits per heavy atom. The minimum absolute atomic E-state index is 0.133. The summed E-state index contributed by atoms with van der Waals surface area (Å²) in [6.07, 6.45) is 0.901. The van der Waals surface area contributed by atoms with Crippen molar-refractivity contribution >= 4 is 17.5 Å². The highest BCUT2D eigenvalue weighted by atomic mass is 32.2. The highest BCUT2D eigenvalue weighted by molar-refractivity contribution is 7.99. The van der Waals surface area contributed by atoms with Crippen LogP contribution in [-0.2, 0) is 4.74 Å². The molecule has 0 unspecified atom stereocenters. The van der Waals surface area contributed by atoms with E-state index in [1.807, 2.05) is 11.1 Å². The van der Waals surface area contributed by atoms with Crippen molar-refractivity contribution in [2.75, 3.05) is 32.1 Å². The topological polar surface area (TPSA) is 24.8 Å². The third-order valence-corrected chi connectivity index (χ3v) is 4.22. The summed E-state index contributed by atoms with van der Waals surface area (Å²) in [5.74, 6) is 0.767. The number of fused-ring (bicyclic) bond motifs is 1. The molecule has 3 nitrogen and oxygen atoms in total. The molecule has 0 atom stereocenters. The van der Waals surface area contributed by atoms with Gasteiger partial charge in [-0.2, -0.15) is 5.10 Å². The molecular formula is C13H15FN2OS. The number of ether oxygens (including phenoxy) is 1. The summed E-state index contributed by atoms with van der Waals surface area (Å²) in [4.78, 5) is 0.746. The van der Waals surface area contributed by atoms with Gasteiger partial charge in [-0.15, -0.1) is 11.8 Å². The normalized spacial score (nSPS) is 22.1. The van der Waals surface area contributed by atoms with Gasteiger partial charge in [-0.05, 0) is 6.07 Å². The van der Waals surface area contributed by atoms with Crippen LogP contribution in [0, 0.1) is 5.82 Å².